The second-order valence-corrected chi connectivity index (χ2v) is 13.0. The fraction of sp³-hybridized carbons (Fsp3) is 0.558. The molecule has 0 N–H and O–H groups in total. The molecule has 1 aromatic heterocycles. The fourth-order valence-electron chi connectivity index (χ4n) is 5.99. The number of hydrogen-bond donors (Lipinski definition) is 0. The number of methoxy groups -OCH3 is 2. The van der Waals surface area contributed by atoms with Gasteiger partial charge in [-0.05, 0) is 79.2 Å². The average molecular weight is 695 g/mol. The van der Waals surface area contributed by atoms with Crippen molar-refractivity contribution in [3.8, 4) is 5.75 Å². The molecule has 1 aliphatic heterocycles. The zero-order chi connectivity index (χ0) is 33.3. The van der Waals surface area contributed by atoms with Crippen LogP contribution in [-0.2, 0) is 16.1 Å². The molecule has 282 valence electrons. The van der Waals surface area contributed by atoms with Gasteiger partial charge in [0.2, 0.25) is 0 Å². The van der Waals surface area contributed by atoms with Crippen molar-refractivity contribution in [1.82, 2.24) is 9.88 Å². The van der Waals surface area contributed by atoms with Crippen LogP contribution in [0.2, 0.25) is 0 Å². The van der Waals surface area contributed by atoms with Crippen molar-refractivity contribution in [3.63, 3.8) is 0 Å². The summed E-state index contributed by atoms with van der Waals surface area (Å²) in [5.41, 5.74) is 2.41. The van der Waals surface area contributed by atoms with E-state index in [1.807, 2.05) is 54.6 Å². The summed E-state index contributed by atoms with van der Waals surface area (Å²) in [4.78, 5) is 31.8. The van der Waals surface area contributed by atoms with Crippen molar-refractivity contribution in [3.05, 3.63) is 84.6 Å². The van der Waals surface area contributed by atoms with Crippen LogP contribution < -0.4 is 4.74 Å². The molecule has 50 heavy (non-hydrogen) atoms. The van der Waals surface area contributed by atoms with Gasteiger partial charge in [-0.1, -0.05) is 99.7 Å². The number of amides is 1. The van der Waals surface area contributed by atoms with E-state index in [4.69, 9.17) is 14.2 Å². The summed E-state index contributed by atoms with van der Waals surface area (Å²) in [6, 6.07) is 17.0. The molecule has 1 amide bonds. The Morgan fingerprint density at radius 1 is 0.960 bits per heavy atom. The highest BCUT2D eigenvalue weighted by molar-refractivity contribution is 6.07. The van der Waals surface area contributed by atoms with Crippen LogP contribution in [0, 0.1) is 23.7 Å². The number of nitrogens with zero attached hydrogens (tertiary/aromatic N) is 2. The minimum Gasteiger partial charge on any atom is -0.497 e. The lowest BCUT2D eigenvalue weighted by Crippen LogP contribution is -2.43. The topological polar surface area (TPSA) is 78.0 Å². The largest absolute Gasteiger partial charge is 0.497 e. The number of carbonyl (C=O) groups excluding carboxylic acids is 2. The van der Waals surface area contributed by atoms with Gasteiger partial charge in [0.1, 0.15) is 12.4 Å². The van der Waals surface area contributed by atoms with Crippen LogP contribution in [0.25, 0.3) is 10.9 Å². The molecule has 2 heterocycles. The number of ether oxygens (including phenoxy) is 3. The van der Waals surface area contributed by atoms with Gasteiger partial charge in [0, 0.05) is 50.4 Å². The second kappa shape index (κ2) is 26.1. The first kappa shape index (κ1) is 48.4. The van der Waals surface area contributed by atoms with E-state index in [9.17, 15) is 9.59 Å². The maximum Gasteiger partial charge on any atom is 0.410 e. The number of likely N-dealkylation sites (tertiary alicyclic amines) is 1. The molecule has 2 aliphatic rings. The van der Waals surface area contributed by atoms with Gasteiger partial charge >= 0.3 is 6.09 Å². The van der Waals surface area contributed by atoms with Gasteiger partial charge in [0.25, 0.3) is 0 Å². The lowest BCUT2D eigenvalue weighted by Gasteiger charge is -2.36. The number of piperidine rings is 1. The highest BCUT2D eigenvalue weighted by atomic mass is 16.6. The van der Waals surface area contributed by atoms with Crippen LogP contribution in [0.5, 0.6) is 5.75 Å². The number of pyridine rings is 1. The molecule has 0 radical (unpaired) electrons. The maximum atomic E-state index is 13.1. The molecule has 1 aliphatic carbocycles. The van der Waals surface area contributed by atoms with E-state index in [1.165, 1.54) is 25.7 Å². The fourth-order valence-corrected chi connectivity index (χ4v) is 5.99. The molecule has 7 nitrogen and oxygen atoms in total. The Hall–Kier alpha value is -3.71. The Kier molecular flexibility index (Phi) is 25.3. The van der Waals surface area contributed by atoms with Crippen LogP contribution in [0.4, 0.5) is 4.79 Å². The number of ketones is 1. The van der Waals surface area contributed by atoms with Gasteiger partial charge in [-0.3, -0.25) is 9.78 Å². The van der Waals surface area contributed by atoms with E-state index in [0.717, 1.165) is 47.8 Å². The van der Waals surface area contributed by atoms with Gasteiger partial charge in [0.15, 0.2) is 5.78 Å². The first-order valence-corrected chi connectivity index (χ1v) is 16.8. The predicted octanol–water partition coefficient (Wildman–Crippen LogP) is 11.7. The molecule has 5 rings (SSSR count). The Labute approximate surface area is 305 Å². The van der Waals surface area contributed by atoms with Crippen molar-refractivity contribution in [2.24, 2.45) is 23.7 Å². The Balaban J connectivity index is 0. The maximum absolute atomic E-state index is 13.1. The number of carbonyl (C=O) groups is 2. The highest BCUT2D eigenvalue weighted by Crippen LogP contribution is 2.31. The van der Waals surface area contributed by atoms with Crippen LogP contribution >= 0.6 is 0 Å². The number of benzene rings is 2. The Morgan fingerprint density at radius 3 is 2.22 bits per heavy atom. The molecule has 2 fully saturated rings. The molecule has 1 saturated carbocycles. The normalized spacial score (nSPS) is 16.4. The van der Waals surface area contributed by atoms with Crippen molar-refractivity contribution >= 4 is 22.8 Å². The van der Waals surface area contributed by atoms with Gasteiger partial charge in [0.05, 0.1) is 12.6 Å². The Morgan fingerprint density at radius 2 is 1.62 bits per heavy atom. The van der Waals surface area contributed by atoms with E-state index in [0.29, 0.717) is 36.7 Å². The predicted molar refractivity (Wildman–Crippen MR) is 213 cm³/mol. The molecular formula is C43H70N2O5. The molecule has 2 atom stereocenters. The molecule has 0 spiro atoms. The molecule has 2 aromatic carbocycles. The van der Waals surface area contributed by atoms with Crippen LogP contribution in [0.1, 0.15) is 111 Å². The first-order valence-electron chi connectivity index (χ1n) is 16.8. The number of rotatable bonds is 10. The van der Waals surface area contributed by atoms with Crippen molar-refractivity contribution in [2.75, 3.05) is 33.9 Å². The monoisotopic (exact) mass is 695 g/mol. The summed E-state index contributed by atoms with van der Waals surface area (Å²) in [6.07, 6.45) is 10.9. The van der Waals surface area contributed by atoms with E-state index in [1.54, 1.807) is 31.4 Å². The van der Waals surface area contributed by atoms with E-state index in [2.05, 4.69) is 32.3 Å². The minimum absolute atomic E-state index is 0. The van der Waals surface area contributed by atoms with Gasteiger partial charge < -0.3 is 19.1 Å². The molecule has 3 aromatic rings. The summed E-state index contributed by atoms with van der Waals surface area (Å²) < 4.78 is 15.8. The smallest absolute Gasteiger partial charge is 0.410 e. The van der Waals surface area contributed by atoms with E-state index in [-0.39, 0.29) is 54.1 Å². The Bertz CT molecular complexity index is 1350. The third-order valence-electron chi connectivity index (χ3n) is 8.44. The third kappa shape index (κ3) is 15.9. The molecule has 7 heteroatoms. The summed E-state index contributed by atoms with van der Waals surface area (Å²) in [6.45, 7) is 12.9. The second-order valence-electron chi connectivity index (χ2n) is 13.0. The number of hydrogen-bond acceptors (Lipinski definition) is 6. The van der Waals surface area contributed by atoms with Gasteiger partial charge in [-0.2, -0.15) is 0 Å². The zero-order valence-corrected chi connectivity index (χ0v) is 28.6. The van der Waals surface area contributed by atoms with Crippen molar-refractivity contribution < 1.29 is 23.8 Å². The van der Waals surface area contributed by atoms with E-state index >= 15 is 0 Å². The van der Waals surface area contributed by atoms with Crippen LogP contribution in [0.15, 0.2) is 73.4 Å². The minimum atomic E-state index is -0.303. The SMILES string of the molecule is C.C.C.C.C=C[C@H]1CN(C(=O)OCc2ccccc2)CC[C@H]1CCC(=O)c1ccnc2ccc(OC)cc12.CC(C)C.COCC1CCCC1. The summed E-state index contributed by atoms with van der Waals surface area (Å²) >= 11 is 0. The third-order valence-corrected chi connectivity index (χ3v) is 8.44. The number of fused-ring (bicyclic) bond motifs is 1. The number of Topliss-reactive ketones (excluding diaryl/α,β-unsaturated/α-hetero) is 1. The van der Waals surface area contributed by atoms with Crippen LogP contribution in [0.3, 0.4) is 0 Å². The van der Waals surface area contributed by atoms with E-state index < -0.39 is 0 Å². The van der Waals surface area contributed by atoms with Crippen molar-refractivity contribution in [2.45, 2.75) is 102 Å². The molecule has 0 bridgehead atoms. The van der Waals surface area contributed by atoms with Crippen molar-refractivity contribution in [1.29, 1.82) is 0 Å². The summed E-state index contributed by atoms with van der Waals surface area (Å²) in [5, 5.41) is 0.808. The highest BCUT2D eigenvalue weighted by Gasteiger charge is 2.31. The average Bonchev–Trinajstić information content (AvgIpc) is 3.59. The molecule has 0 unspecified atom stereocenters. The molecule has 1 saturated heterocycles. The number of aromatic nitrogens is 1. The zero-order valence-electron chi connectivity index (χ0n) is 28.6. The van der Waals surface area contributed by atoms with Crippen LogP contribution in [-0.4, -0.2) is 55.7 Å². The van der Waals surface area contributed by atoms with Gasteiger partial charge in [-0.15, -0.1) is 6.58 Å². The standard InChI is InChI=1S/C28H30N2O4.C7H14O.C4H10.4CH4/c1-3-21-18-30(28(32)34-19-20-7-5-4-6-8-20)16-14-22(21)9-12-27(31)24-13-15-29-26-11-10-23(33-2)17-25(24)26;1-8-6-7-4-2-3-5-7;1-4(2)3;;;;/h3-8,10-11,13,15,17,21-22H,1,9,12,14,16,18-19H2,2H3;7H,2-6H2,1H3;4H,1-3H3;4*1H4/t21-,22+;;;;;;/m0....../s1. The summed E-state index contributed by atoms with van der Waals surface area (Å²) in [7, 11) is 3.40. The lowest BCUT2D eigenvalue weighted by atomic mass is 9.81. The summed E-state index contributed by atoms with van der Waals surface area (Å²) in [5.74, 6) is 2.93. The molecular weight excluding hydrogens is 624 g/mol. The quantitative estimate of drug-likeness (QED) is 0.155. The lowest BCUT2D eigenvalue weighted by molar-refractivity contribution is 0.0694. The van der Waals surface area contributed by atoms with Gasteiger partial charge in [-0.25, -0.2) is 4.79 Å². The first-order chi connectivity index (χ1) is 22.2.